The summed E-state index contributed by atoms with van der Waals surface area (Å²) in [6.07, 6.45) is 0.878. The van der Waals surface area contributed by atoms with Gasteiger partial charge in [0.25, 0.3) is 11.8 Å². The maximum atomic E-state index is 12.8. The van der Waals surface area contributed by atoms with Gasteiger partial charge in [0, 0.05) is 48.4 Å². The second kappa shape index (κ2) is 8.07. The van der Waals surface area contributed by atoms with Crippen LogP contribution in [0.5, 0.6) is 0 Å². The topological polar surface area (TPSA) is 102 Å². The van der Waals surface area contributed by atoms with Crippen molar-refractivity contribution < 1.29 is 9.59 Å². The van der Waals surface area contributed by atoms with E-state index < -0.39 is 0 Å². The van der Waals surface area contributed by atoms with Crippen LogP contribution in [0.3, 0.4) is 0 Å². The molecular weight excluding hydrogens is 412 g/mol. The number of rotatable bonds is 4. The Morgan fingerprint density at radius 1 is 1.16 bits per heavy atom. The molecule has 0 saturated carbocycles. The molecule has 2 atom stereocenters. The van der Waals surface area contributed by atoms with Crippen molar-refractivity contribution in [3.8, 4) is 0 Å². The Labute approximate surface area is 184 Å². The van der Waals surface area contributed by atoms with Crippen LogP contribution in [0.4, 0.5) is 0 Å². The Kier molecular flexibility index (Phi) is 5.25. The number of benzene rings is 1. The van der Waals surface area contributed by atoms with Crippen molar-refractivity contribution in [2.24, 2.45) is 0 Å². The first-order chi connectivity index (χ1) is 15.0. The molecule has 2 aliphatic heterocycles. The first-order valence-electron chi connectivity index (χ1n) is 10.6. The number of hydrogen-bond acceptors (Lipinski definition) is 6. The van der Waals surface area contributed by atoms with Gasteiger partial charge in [0.1, 0.15) is 5.69 Å². The van der Waals surface area contributed by atoms with Crippen LogP contribution in [0.15, 0.2) is 24.3 Å². The highest BCUT2D eigenvalue weighted by molar-refractivity contribution is 7.13. The molecule has 1 aromatic carbocycles. The van der Waals surface area contributed by atoms with Gasteiger partial charge in [-0.15, -0.1) is 11.3 Å². The molecule has 0 aliphatic carbocycles. The van der Waals surface area contributed by atoms with Crippen LogP contribution in [-0.4, -0.2) is 65.4 Å². The molecule has 9 heteroatoms. The number of nitrogens with one attached hydrogen (secondary N) is 4. The van der Waals surface area contributed by atoms with Crippen LogP contribution >= 0.6 is 11.3 Å². The van der Waals surface area contributed by atoms with Crippen molar-refractivity contribution in [3.63, 3.8) is 0 Å². The minimum atomic E-state index is -0.190. The molecule has 2 aromatic heterocycles. The summed E-state index contributed by atoms with van der Waals surface area (Å²) >= 11 is 1.47. The zero-order chi connectivity index (χ0) is 21.5. The molecule has 162 valence electrons. The number of carbonyl (C=O) groups is 2. The van der Waals surface area contributed by atoms with Gasteiger partial charge in [-0.1, -0.05) is 11.6 Å². The van der Waals surface area contributed by atoms with Crippen molar-refractivity contribution in [2.75, 3.05) is 26.7 Å². The number of nitrogens with zero attached hydrogens (tertiary/aromatic N) is 2. The number of H-pyrrole nitrogens is 1. The second-order valence-electron chi connectivity index (χ2n) is 8.47. The molecular formula is C22H26N6O2S. The zero-order valence-corrected chi connectivity index (χ0v) is 18.4. The monoisotopic (exact) mass is 438 g/mol. The van der Waals surface area contributed by atoms with Crippen molar-refractivity contribution >= 4 is 34.1 Å². The molecule has 4 heterocycles. The zero-order valence-electron chi connectivity index (χ0n) is 17.6. The predicted molar refractivity (Wildman–Crippen MR) is 121 cm³/mol. The van der Waals surface area contributed by atoms with Crippen molar-refractivity contribution in [3.05, 3.63) is 51.1 Å². The first kappa shape index (κ1) is 20.2. The molecule has 0 radical (unpaired) electrons. The quantitative estimate of drug-likeness (QED) is 0.494. The Balaban J connectivity index is 1.25. The maximum absolute atomic E-state index is 12.8. The summed E-state index contributed by atoms with van der Waals surface area (Å²) in [5.41, 5.74) is 3.64. The number of aromatic nitrogens is 2. The highest BCUT2D eigenvalue weighted by Gasteiger charge is 2.31. The summed E-state index contributed by atoms with van der Waals surface area (Å²) in [4.78, 5) is 36.8. The van der Waals surface area contributed by atoms with Gasteiger partial charge in [0.2, 0.25) is 0 Å². The number of amides is 2. The summed E-state index contributed by atoms with van der Waals surface area (Å²) in [6, 6.07) is 7.53. The minimum absolute atomic E-state index is 0.170. The molecule has 2 amide bonds. The normalized spacial score (nSPS) is 21.2. The summed E-state index contributed by atoms with van der Waals surface area (Å²) in [5.74, 6) is -0.342. The number of carbonyl (C=O) groups excluding carboxylic acids is 2. The lowest BCUT2D eigenvalue weighted by molar-refractivity contribution is 0.0894. The number of likely N-dealkylation sites (N-methyl/N-ethyl adjacent to an activating group) is 1. The molecule has 4 N–H and O–H groups in total. The van der Waals surface area contributed by atoms with E-state index in [1.54, 1.807) is 0 Å². The van der Waals surface area contributed by atoms with Crippen LogP contribution in [0.25, 0.3) is 10.9 Å². The molecule has 0 bridgehead atoms. The highest BCUT2D eigenvalue weighted by Crippen LogP contribution is 2.24. The molecule has 0 unspecified atom stereocenters. The van der Waals surface area contributed by atoms with Crippen molar-refractivity contribution in [1.82, 2.24) is 30.8 Å². The first-order valence-corrected chi connectivity index (χ1v) is 11.4. The van der Waals surface area contributed by atoms with Gasteiger partial charge in [0.15, 0.2) is 5.01 Å². The lowest BCUT2D eigenvalue weighted by atomic mass is 10.1. The fraction of sp³-hybridized carbons (Fsp3) is 0.409. The van der Waals surface area contributed by atoms with E-state index in [-0.39, 0.29) is 23.9 Å². The molecule has 2 aliphatic rings. The van der Waals surface area contributed by atoms with Crippen molar-refractivity contribution in [2.45, 2.75) is 32.0 Å². The highest BCUT2D eigenvalue weighted by atomic mass is 32.1. The van der Waals surface area contributed by atoms with E-state index in [1.807, 2.05) is 31.2 Å². The van der Waals surface area contributed by atoms with E-state index in [4.69, 9.17) is 0 Å². The molecule has 5 rings (SSSR count). The average Bonchev–Trinajstić information content (AvgIpc) is 3.45. The summed E-state index contributed by atoms with van der Waals surface area (Å²) < 4.78 is 0. The largest absolute Gasteiger partial charge is 0.351 e. The van der Waals surface area contributed by atoms with E-state index in [1.165, 1.54) is 16.2 Å². The minimum Gasteiger partial charge on any atom is -0.351 e. The van der Waals surface area contributed by atoms with Gasteiger partial charge in [-0.25, -0.2) is 4.98 Å². The molecule has 1 fully saturated rings. The molecule has 8 nitrogen and oxygen atoms in total. The fourth-order valence-electron chi connectivity index (χ4n) is 4.25. The van der Waals surface area contributed by atoms with Crippen LogP contribution in [0.1, 0.15) is 36.4 Å². The smallest absolute Gasteiger partial charge is 0.280 e. The SMILES string of the molecule is Cc1ccc2[nH]c(C(=O)N[C@@H]3CNC[C@H]3NC(=O)c3nc4c(s3)CN(C)CC4)cc2c1. The molecule has 1 saturated heterocycles. The molecule has 3 aromatic rings. The van der Waals surface area contributed by atoms with Gasteiger partial charge >= 0.3 is 0 Å². The van der Waals surface area contributed by atoms with Gasteiger partial charge in [0.05, 0.1) is 17.8 Å². The molecule has 0 spiro atoms. The Morgan fingerprint density at radius 2 is 1.94 bits per heavy atom. The van der Waals surface area contributed by atoms with E-state index in [2.05, 4.69) is 37.9 Å². The van der Waals surface area contributed by atoms with E-state index in [0.29, 0.717) is 23.8 Å². The van der Waals surface area contributed by atoms with E-state index in [0.717, 1.165) is 41.7 Å². The van der Waals surface area contributed by atoms with E-state index >= 15 is 0 Å². The summed E-state index contributed by atoms with van der Waals surface area (Å²) in [5, 5.41) is 10.9. The van der Waals surface area contributed by atoms with Gasteiger partial charge < -0.3 is 25.8 Å². The Morgan fingerprint density at radius 3 is 2.74 bits per heavy atom. The van der Waals surface area contributed by atoms with Crippen LogP contribution in [0, 0.1) is 6.92 Å². The standard InChI is InChI=1S/C22H26N6O2S/c1-12-3-4-14-13(7-12)8-16(24-14)20(29)25-17-9-23-10-18(17)26-21(30)22-27-15-5-6-28(2)11-19(15)31-22/h3-4,7-8,17-18,23-24H,5-6,9-11H2,1-2H3,(H,25,29)(H,26,30)/t17-,18-/m1/s1. The average molecular weight is 439 g/mol. The number of fused-ring (bicyclic) bond motifs is 2. The van der Waals surface area contributed by atoms with Crippen LogP contribution in [-0.2, 0) is 13.0 Å². The number of aryl methyl sites for hydroxylation is 1. The maximum Gasteiger partial charge on any atom is 0.280 e. The van der Waals surface area contributed by atoms with Gasteiger partial charge in [-0.3, -0.25) is 9.59 Å². The van der Waals surface area contributed by atoms with Crippen LogP contribution in [0.2, 0.25) is 0 Å². The Hall–Kier alpha value is -2.75. The number of aromatic amines is 1. The fourth-order valence-corrected chi connectivity index (χ4v) is 5.34. The van der Waals surface area contributed by atoms with Crippen LogP contribution < -0.4 is 16.0 Å². The second-order valence-corrected chi connectivity index (χ2v) is 9.55. The van der Waals surface area contributed by atoms with E-state index in [9.17, 15) is 9.59 Å². The third-order valence-corrected chi connectivity index (χ3v) is 7.07. The third kappa shape index (κ3) is 4.08. The predicted octanol–water partition coefficient (Wildman–Crippen LogP) is 1.42. The summed E-state index contributed by atoms with van der Waals surface area (Å²) in [6.45, 7) is 5.05. The number of hydrogen-bond donors (Lipinski definition) is 4. The lowest BCUT2D eigenvalue weighted by Gasteiger charge is -2.20. The Bertz CT molecular complexity index is 1150. The summed E-state index contributed by atoms with van der Waals surface area (Å²) in [7, 11) is 2.08. The third-order valence-electron chi connectivity index (χ3n) is 5.98. The molecule has 31 heavy (non-hydrogen) atoms. The van der Waals surface area contributed by atoms with Gasteiger partial charge in [-0.05, 0) is 32.2 Å². The lowest BCUT2D eigenvalue weighted by Crippen LogP contribution is -2.51. The van der Waals surface area contributed by atoms with Crippen molar-refractivity contribution in [1.29, 1.82) is 0 Å². The number of thiazole rings is 1. The van der Waals surface area contributed by atoms with Gasteiger partial charge in [-0.2, -0.15) is 0 Å².